The molecular formula is C54H59FN2O8. The van der Waals surface area contributed by atoms with Crippen molar-refractivity contribution in [1.82, 2.24) is 4.90 Å². The molecule has 0 bridgehead atoms. The maximum atomic E-state index is 14.5. The summed E-state index contributed by atoms with van der Waals surface area (Å²) in [7, 11) is 0. The highest BCUT2D eigenvalue weighted by Gasteiger charge is 2.65. The molecular weight excluding hydrogens is 824 g/mol. The fourth-order valence-corrected chi connectivity index (χ4v) is 10.1. The van der Waals surface area contributed by atoms with Crippen LogP contribution in [0.2, 0.25) is 0 Å². The van der Waals surface area contributed by atoms with Crippen LogP contribution in [0.4, 0.5) is 9.18 Å². The Balaban J connectivity index is 1.33. The Morgan fingerprint density at radius 1 is 0.877 bits per heavy atom. The summed E-state index contributed by atoms with van der Waals surface area (Å²) in [5.74, 6) is -0.709. The summed E-state index contributed by atoms with van der Waals surface area (Å²) in [6, 6.07) is 35.2. The lowest BCUT2D eigenvalue weighted by Gasteiger charge is -2.59. The van der Waals surface area contributed by atoms with Crippen molar-refractivity contribution in [1.29, 1.82) is 0 Å². The second-order valence-electron chi connectivity index (χ2n) is 17.1. The summed E-state index contributed by atoms with van der Waals surface area (Å²) in [4.78, 5) is 22.4. The molecule has 6 atom stereocenters. The van der Waals surface area contributed by atoms with Gasteiger partial charge in [0.2, 0.25) is 5.79 Å². The number of ether oxygens (including phenoxy) is 4. The first kappa shape index (κ1) is 45.6. The smallest absolute Gasteiger partial charge is 0.410 e. The number of hydrogen-bond donors (Lipinski definition) is 2. The van der Waals surface area contributed by atoms with E-state index in [1.165, 1.54) is 12.1 Å². The largest absolute Gasteiger partial charge is 0.459 e. The molecule has 1 fully saturated rings. The van der Waals surface area contributed by atoms with E-state index in [2.05, 4.69) is 30.9 Å². The number of rotatable bonds is 20. The molecule has 1 aliphatic heterocycles. The molecule has 10 nitrogen and oxygen atoms in total. The Morgan fingerprint density at radius 3 is 2.35 bits per heavy atom. The van der Waals surface area contributed by atoms with Gasteiger partial charge in [0, 0.05) is 37.7 Å². The molecule has 5 aromatic rings. The lowest BCUT2D eigenvalue weighted by atomic mass is 9.55. The van der Waals surface area contributed by atoms with Crippen molar-refractivity contribution in [2.45, 2.75) is 82.8 Å². The fraction of sp³-hybridized carbons (Fsp3) is 0.370. The van der Waals surface area contributed by atoms with E-state index in [0.29, 0.717) is 41.4 Å². The molecule has 5 aromatic carbocycles. The van der Waals surface area contributed by atoms with Gasteiger partial charge in [-0.05, 0) is 114 Å². The molecule has 3 aliphatic rings. The maximum absolute atomic E-state index is 14.5. The molecule has 2 N–H and O–H groups in total. The summed E-state index contributed by atoms with van der Waals surface area (Å²) in [6.07, 6.45) is 8.06. The predicted octanol–water partition coefficient (Wildman–Crippen LogP) is 11.3. The molecule has 1 heterocycles. The number of halogens is 1. The molecule has 65 heavy (non-hydrogen) atoms. The monoisotopic (exact) mass is 882 g/mol. The van der Waals surface area contributed by atoms with Crippen molar-refractivity contribution >= 4 is 22.6 Å². The highest BCUT2D eigenvalue weighted by atomic mass is 19.1. The zero-order valence-electron chi connectivity index (χ0n) is 37.0. The van der Waals surface area contributed by atoms with E-state index >= 15 is 0 Å². The Labute approximate surface area is 380 Å². The van der Waals surface area contributed by atoms with Gasteiger partial charge in [0.1, 0.15) is 35.7 Å². The predicted molar refractivity (Wildman–Crippen MR) is 249 cm³/mol. The van der Waals surface area contributed by atoms with Crippen LogP contribution in [0.15, 0.2) is 145 Å². The van der Waals surface area contributed by atoms with Gasteiger partial charge in [-0.3, -0.25) is 4.90 Å². The van der Waals surface area contributed by atoms with Crippen molar-refractivity contribution in [2.75, 3.05) is 26.4 Å². The number of fused-ring (bicyclic) bond motifs is 3. The van der Waals surface area contributed by atoms with Gasteiger partial charge < -0.3 is 34.0 Å². The van der Waals surface area contributed by atoms with Crippen LogP contribution in [0.25, 0.3) is 10.8 Å². The summed E-state index contributed by atoms with van der Waals surface area (Å²) in [5.41, 5.74) is 4.14. The van der Waals surface area contributed by atoms with E-state index < -0.39 is 23.8 Å². The molecule has 11 heteroatoms. The number of carbonyl (C=O) groups excluding carboxylic acids is 1. The quantitative estimate of drug-likeness (QED) is 0.0451. The minimum atomic E-state index is -1.51. The zero-order chi connectivity index (χ0) is 45.2. The van der Waals surface area contributed by atoms with Crippen LogP contribution in [-0.2, 0) is 27.5 Å². The summed E-state index contributed by atoms with van der Waals surface area (Å²) in [5, 5.41) is 27.1. The average molecular weight is 883 g/mol. The highest BCUT2D eigenvalue weighted by molar-refractivity contribution is 6.03. The number of allylic oxidation sites excluding steroid dienone is 1. The zero-order valence-corrected chi connectivity index (χ0v) is 37.0. The van der Waals surface area contributed by atoms with Crippen LogP contribution < -0.4 is 9.47 Å². The van der Waals surface area contributed by atoms with Crippen molar-refractivity contribution in [3.63, 3.8) is 0 Å². The van der Waals surface area contributed by atoms with Crippen molar-refractivity contribution < 1.29 is 43.2 Å². The number of benzene rings is 5. The molecule has 2 aliphatic carbocycles. The second-order valence-corrected chi connectivity index (χ2v) is 17.1. The van der Waals surface area contributed by atoms with Gasteiger partial charge >= 0.3 is 6.09 Å². The first-order chi connectivity index (χ1) is 31.8. The summed E-state index contributed by atoms with van der Waals surface area (Å²) in [6.45, 7) is 6.48. The van der Waals surface area contributed by atoms with Crippen LogP contribution in [0, 0.1) is 23.6 Å². The van der Waals surface area contributed by atoms with E-state index in [0.717, 1.165) is 53.2 Å². The molecule has 1 saturated carbocycles. The normalized spacial score (nSPS) is 22.6. The first-order valence-corrected chi connectivity index (χ1v) is 22.9. The van der Waals surface area contributed by atoms with Gasteiger partial charge in [-0.15, -0.1) is 6.58 Å². The maximum Gasteiger partial charge on any atom is 0.410 e. The van der Waals surface area contributed by atoms with Crippen LogP contribution in [0.1, 0.15) is 74.5 Å². The molecule has 0 aromatic heterocycles. The molecule has 6 unspecified atom stereocenters. The van der Waals surface area contributed by atoms with Gasteiger partial charge in [0.15, 0.2) is 0 Å². The van der Waals surface area contributed by atoms with Crippen LogP contribution in [0.3, 0.4) is 0 Å². The third-order valence-electron chi connectivity index (χ3n) is 13.0. The van der Waals surface area contributed by atoms with Crippen molar-refractivity contribution in [2.24, 2.45) is 22.9 Å². The van der Waals surface area contributed by atoms with Crippen molar-refractivity contribution in [3.05, 3.63) is 162 Å². The van der Waals surface area contributed by atoms with E-state index in [4.69, 9.17) is 28.9 Å². The SMILES string of the molecule is C=CCOC12Oc3ccc(Oc4ccc5ccccc5c4)cc3C3C(CCCCO)C(CCCCO)C=C(C(=NOCc4ccccc4)CC1N(Cc1ccc(F)cc1)C(=O)OCC)C32. The molecule has 340 valence electrons. The second kappa shape index (κ2) is 21.3. The molecule has 0 saturated heterocycles. The molecule has 0 radical (unpaired) electrons. The van der Waals surface area contributed by atoms with Crippen LogP contribution in [0.5, 0.6) is 17.2 Å². The van der Waals surface area contributed by atoms with Gasteiger partial charge in [-0.1, -0.05) is 103 Å². The van der Waals surface area contributed by atoms with E-state index in [-0.39, 0.29) is 69.6 Å². The van der Waals surface area contributed by atoms with E-state index in [1.54, 1.807) is 30.0 Å². The Bertz CT molecular complexity index is 2460. The first-order valence-electron chi connectivity index (χ1n) is 22.9. The lowest BCUT2D eigenvalue weighted by Crippen LogP contribution is -2.70. The van der Waals surface area contributed by atoms with Gasteiger partial charge in [0.25, 0.3) is 0 Å². The number of amides is 1. The Morgan fingerprint density at radius 2 is 1.60 bits per heavy atom. The van der Waals surface area contributed by atoms with E-state index in [1.807, 2.05) is 72.8 Å². The topological polar surface area (TPSA) is 119 Å². The minimum absolute atomic E-state index is 0.0117. The molecule has 1 amide bonds. The fourth-order valence-electron chi connectivity index (χ4n) is 10.1. The molecule has 8 rings (SSSR count). The summed E-state index contributed by atoms with van der Waals surface area (Å²) < 4.78 is 41.3. The number of nitrogens with zero attached hydrogens (tertiary/aromatic N) is 2. The van der Waals surface area contributed by atoms with Crippen LogP contribution >= 0.6 is 0 Å². The number of carbonyl (C=O) groups is 1. The number of aliphatic hydroxyl groups excluding tert-OH is 2. The molecule has 0 spiro atoms. The number of hydrogen-bond acceptors (Lipinski definition) is 9. The standard InChI is InChI=1S/C54H59FN2O8/c1-3-30-62-54-50(57(53(60)61-4-2)35-37-20-23-42(55)24-21-37)34-48(56-63-36-38-14-6-5-7-15-38)46-32-41(18-10-12-28-58)45(19-11-13-29-59)51(52(46)54)47-33-44(26-27-49(47)65-54)64-43-25-22-39-16-8-9-17-40(39)31-43/h3,5-9,14-17,20-27,31-33,41,45,50-52,58-59H,1,4,10-13,18-19,28-30,34-36H2,2H3. The number of oxime groups is 1. The lowest BCUT2D eigenvalue weighted by molar-refractivity contribution is -0.256. The minimum Gasteiger partial charge on any atom is -0.459 e. The third kappa shape index (κ3) is 10.1. The Hall–Kier alpha value is -6.01. The summed E-state index contributed by atoms with van der Waals surface area (Å²) >= 11 is 0. The van der Waals surface area contributed by atoms with Gasteiger partial charge in [-0.25, -0.2) is 9.18 Å². The number of unbranched alkanes of at least 4 members (excludes halogenated alkanes) is 2. The third-order valence-corrected chi connectivity index (χ3v) is 13.0. The van der Waals surface area contributed by atoms with Gasteiger partial charge in [0.05, 0.1) is 24.8 Å². The highest BCUT2D eigenvalue weighted by Crippen LogP contribution is 2.62. The Kier molecular flexibility index (Phi) is 14.9. The van der Waals surface area contributed by atoms with Crippen molar-refractivity contribution in [3.8, 4) is 17.2 Å². The number of aliphatic hydroxyl groups is 2. The van der Waals surface area contributed by atoms with E-state index in [9.17, 15) is 19.4 Å². The van der Waals surface area contributed by atoms with Gasteiger partial charge in [-0.2, -0.15) is 0 Å². The van der Waals surface area contributed by atoms with Crippen LogP contribution in [-0.4, -0.2) is 65.2 Å². The average Bonchev–Trinajstić information content (AvgIpc) is 3.32.